The van der Waals surface area contributed by atoms with Crippen molar-refractivity contribution in [2.75, 3.05) is 0 Å². The van der Waals surface area contributed by atoms with Crippen molar-refractivity contribution in [1.29, 1.82) is 10.5 Å². The van der Waals surface area contributed by atoms with Gasteiger partial charge in [-0.1, -0.05) is 170 Å². The summed E-state index contributed by atoms with van der Waals surface area (Å²) in [6, 6.07) is 74.8. The maximum atomic E-state index is 16.0. The maximum Gasteiger partial charge on any atom is 0.416 e. The van der Waals surface area contributed by atoms with Crippen molar-refractivity contribution < 1.29 is 13.2 Å². The number of hydrogen-bond donors (Lipinski definition) is 0. The van der Waals surface area contributed by atoms with Crippen LogP contribution in [0.4, 0.5) is 13.2 Å². The molecule has 12 aromatic rings. The van der Waals surface area contributed by atoms with Crippen LogP contribution in [0.2, 0.25) is 0 Å². The van der Waals surface area contributed by atoms with Gasteiger partial charge < -0.3 is 4.57 Å². The second-order valence-corrected chi connectivity index (χ2v) is 18.0. The largest absolute Gasteiger partial charge is 0.416 e. The molecule has 0 unspecified atom stereocenters. The van der Waals surface area contributed by atoms with Crippen molar-refractivity contribution in [3.8, 4) is 108 Å². The van der Waals surface area contributed by atoms with Crippen LogP contribution in [-0.4, -0.2) is 24.5 Å². The fourth-order valence-electron chi connectivity index (χ4n) is 9.70. The molecule has 0 atom stereocenters. The van der Waals surface area contributed by atoms with E-state index in [9.17, 15) is 10.5 Å². The predicted octanol–water partition coefficient (Wildman–Crippen LogP) is 16.5. The Morgan fingerprint density at radius 3 is 1.09 bits per heavy atom. The molecule has 9 aromatic carbocycles. The van der Waals surface area contributed by atoms with E-state index in [0.29, 0.717) is 62.0 Å². The molecule has 0 aliphatic heterocycles. The summed E-state index contributed by atoms with van der Waals surface area (Å²) < 4.78 is 50.1. The summed E-state index contributed by atoms with van der Waals surface area (Å²) in [5.74, 6) is 0.636. The van der Waals surface area contributed by atoms with Crippen LogP contribution in [-0.2, 0) is 6.18 Å². The van der Waals surface area contributed by atoms with E-state index in [4.69, 9.17) is 19.9 Å². The SMILES string of the molecule is N#Cc1cccc(-c2ccc3c4ccc(-c5cccc(C#N)c5)cc4n(-c4c(-c5cc(-c6ccccc6)nc(-c6ccccc6)n5)cc(C(F)(F)F)cc4-c4cc(-c5ccccc5)nc(-c5ccccc5)n4)c3c2)c1. The molecule has 354 valence electrons. The Bertz CT molecular complexity index is 3860. The van der Waals surface area contributed by atoms with Crippen LogP contribution < -0.4 is 0 Å². The maximum absolute atomic E-state index is 16.0. The first-order valence-corrected chi connectivity index (χ1v) is 24.0. The van der Waals surface area contributed by atoms with E-state index < -0.39 is 11.7 Å². The molecule has 0 saturated heterocycles. The summed E-state index contributed by atoms with van der Waals surface area (Å²) in [5, 5.41) is 21.6. The highest BCUT2D eigenvalue weighted by Gasteiger charge is 2.35. The van der Waals surface area contributed by atoms with Crippen molar-refractivity contribution in [3.63, 3.8) is 0 Å². The molecule has 3 heterocycles. The number of halogens is 3. The molecule has 0 saturated carbocycles. The molecule has 0 amide bonds. The van der Waals surface area contributed by atoms with E-state index in [1.807, 2.05) is 199 Å². The van der Waals surface area contributed by atoms with Gasteiger partial charge in [-0.15, -0.1) is 0 Å². The molecule has 0 N–H and O–H groups in total. The van der Waals surface area contributed by atoms with Crippen molar-refractivity contribution >= 4 is 21.8 Å². The third kappa shape index (κ3) is 8.84. The summed E-state index contributed by atoms with van der Waals surface area (Å²) in [5.41, 5.74) is 9.47. The number of rotatable bonds is 9. The lowest BCUT2D eigenvalue weighted by atomic mass is 9.95. The number of alkyl halides is 3. The third-order valence-corrected chi connectivity index (χ3v) is 13.3. The van der Waals surface area contributed by atoms with E-state index in [1.54, 1.807) is 24.3 Å². The van der Waals surface area contributed by atoms with Crippen molar-refractivity contribution in [2.24, 2.45) is 0 Å². The summed E-state index contributed by atoms with van der Waals surface area (Å²) >= 11 is 0. The van der Waals surface area contributed by atoms with Crippen LogP contribution in [0.15, 0.2) is 231 Å². The first kappa shape index (κ1) is 45.8. The summed E-state index contributed by atoms with van der Waals surface area (Å²) in [6.45, 7) is 0. The fourth-order valence-corrected chi connectivity index (χ4v) is 9.70. The van der Waals surface area contributed by atoms with E-state index in [1.165, 1.54) is 12.1 Å². The average Bonchev–Trinajstić information content (AvgIpc) is 3.94. The zero-order valence-electron chi connectivity index (χ0n) is 39.7. The van der Waals surface area contributed by atoms with Crippen LogP contribution in [0.5, 0.6) is 0 Å². The zero-order valence-corrected chi connectivity index (χ0v) is 39.7. The molecule has 75 heavy (non-hydrogen) atoms. The molecule has 12 rings (SSSR count). The average molecular weight is 974 g/mol. The van der Waals surface area contributed by atoms with E-state index in [0.717, 1.165) is 44.2 Å². The lowest BCUT2D eigenvalue weighted by Gasteiger charge is -2.22. The molecule has 3 aromatic heterocycles. The monoisotopic (exact) mass is 973 g/mol. The summed E-state index contributed by atoms with van der Waals surface area (Å²) in [6.07, 6.45) is -4.84. The molecule has 7 nitrogen and oxygen atoms in total. The highest BCUT2D eigenvalue weighted by Crippen LogP contribution is 2.47. The zero-order chi connectivity index (χ0) is 51.0. The standard InChI is InChI=1S/C65H38F3N7/c66-65(67,68)51-35-54(58-37-56(43-17-5-1-6-18-43)71-63(73-58)45-21-9-3-10-22-45)62(55(36-51)59-38-57(44-19-7-2-8-20-44)72-64(74-59)46-23-11-4-12-24-46)75-60-33-49(47-25-13-15-41(31-47)39-69)27-29-52(60)53-30-28-50(34-61(53)75)48-26-14-16-42(32-48)40-70/h1-38H. The number of benzene rings is 9. The van der Waals surface area contributed by atoms with Gasteiger partial charge in [-0.05, 0) is 82.9 Å². The molecule has 0 fully saturated rings. The second kappa shape index (κ2) is 19.0. The second-order valence-electron chi connectivity index (χ2n) is 18.0. The van der Waals surface area contributed by atoms with Gasteiger partial charge in [-0.2, -0.15) is 23.7 Å². The molecule has 10 heteroatoms. The third-order valence-electron chi connectivity index (χ3n) is 13.3. The lowest BCUT2D eigenvalue weighted by Crippen LogP contribution is -2.10. The quantitative estimate of drug-likeness (QED) is 0.143. The minimum Gasteiger partial charge on any atom is -0.308 e. The Balaban J connectivity index is 1.28. The molecular weight excluding hydrogens is 936 g/mol. The minimum atomic E-state index is -4.84. The van der Waals surface area contributed by atoms with Gasteiger partial charge in [0.1, 0.15) is 0 Å². The Morgan fingerprint density at radius 1 is 0.347 bits per heavy atom. The van der Waals surface area contributed by atoms with Gasteiger partial charge in [0.25, 0.3) is 0 Å². The van der Waals surface area contributed by atoms with Crippen molar-refractivity contribution in [2.45, 2.75) is 6.18 Å². The van der Waals surface area contributed by atoms with Crippen molar-refractivity contribution in [1.82, 2.24) is 24.5 Å². The molecule has 0 bridgehead atoms. The number of nitriles is 2. The molecule has 0 spiro atoms. The number of aromatic nitrogens is 5. The van der Waals surface area contributed by atoms with Crippen LogP contribution in [0, 0.1) is 22.7 Å². The highest BCUT2D eigenvalue weighted by molar-refractivity contribution is 6.12. The van der Waals surface area contributed by atoms with Crippen LogP contribution >= 0.6 is 0 Å². The van der Waals surface area contributed by atoms with Gasteiger partial charge in [0.15, 0.2) is 11.6 Å². The summed E-state index contributed by atoms with van der Waals surface area (Å²) in [7, 11) is 0. The smallest absolute Gasteiger partial charge is 0.308 e. The predicted molar refractivity (Wildman–Crippen MR) is 290 cm³/mol. The summed E-state index contributed by atoms with van der Waals surface area (Å²) in [4.78, 5) is 20.5. The van der Waals surface area contributed by atoms with Gasteiger partial charge in [0.05, 0.1) is 68.3 Å². The number of hydrogen-bond acceptors (Lipinski definition) is 6. The molecule has 0 aliphatic carbocycles. The van der Waals surface area contributed by atoms with Gasteiger partial charge in [-0.25, -0.2) is 19.9 Å². The number of fused-ring (bicyclic) bond motifs is 3. The van der Waals surface area contributed by atoms with E-state index >= 15 is 13.2 Å². The minimum absolute atomic E-state index is 0.158. The van der Waals surface area contributed by atoms with Gasteiger partial charge >= 0.3 is 6.18 Å². The Morgan fingerprint density at radius 2 is 0.707 bits per heavy atom. The fraction of sp³-hybridized carbons (Fsp3) is 0.0154. The first-order valence-electron chi connectivity index (χ1n) is 24.0. The Labute approximate surface area is 429 Å². The Kier molecular flexibility index (Phi) is 11.6. The first-order chi connectivity index (χ1) is 36.7. The van der Waals surface area contributed by atoms with Crippen LogP contribution in [0.25, 0.3) is 118 Å². The Hall–Kier alpha value is -10.3. The normalized spacial score (nSPS) is 11.4. The van der Waals surface area contributed by atoms with Crippen LogP contribution in [0.3, 0.4) is 0 Å². The lowest BCUT2D eigenvalue weighted by molar-refractivity contribution is -0.137. The molecular formula is C65H38F3N7. The molecule has 0 radical (unpaired) electrons. The van der Waals surface area contributed by atoms with E-state index in [2.05, 4.69) is 12.1 Å². The molecule has 0 aliphatic rings. The van der Waals surface area contributed by atoms with Gasteiger partial charge in [0.2, 0.25) is 0 Å². The van der Waals surface area contributed by atoms with Crippen LogP contribution in [0.1, 0.15) is 16.7 Å². The highest BCUT2D eigenvalue weighted by atomic mass is 19.4. The van der Waals surface area contributed by atoms with Gasteiger partial charge in [-0.3, -0.25) is 0 Å². The topological polar surface area (TPSA) is 104 Å². The van der Waals surface area contributed by atoms with Gasteiger partial charge in [0, 0.05) is 44.2 Å². The van der Waals surface area contributed by atoms with E-state index in [-0.39, 0.29) is 22.5 Å². The van der Waals surface area contributed by atoms with Crippen molar-refractivity contribution in [3.05, 3.63) is 247 Å². The number of nitrogens with zero attached hydrogens (tertiary/aromatic N) is 7.